The molecular formula is C19H24ClNO3. The molecule has 2 aromatic carbocycles. The lowest BCUT2D eigenvalue weighted by Crippen LogP contribution is -2.09. The first-order chi connectivity index (χ1) is 11.6. The largest absolute Gasteiger partial charge is 0.497 e. The van der Waals surface area contributed by atoms with Crippen LogP contribution in [0.4, 0.5) is 0 Å². The van der Waals surface area contributed by atoms with Crippen LogP contribution in [0.1, 0.15) is 16.7 Å². The zero-order valence-corrected chi connectivity index (χ0v) is 15.2. The van der Waals surface area contributed by atoms with Gasteiger partial charge in [-0.25, -0.2) is 0 Å². The molecule has 0 unspecified atom stereocenters. The predicted octanol–water partition coefficient (Wildman–Crippen LogP) is 3.65. The Bertz CT molecular complexity index is 671. The van der Waals surface area contributed by atoms with Gasteiger partial charge in [-0.15, -0.1) is 0 Å². The normalized spacial score (nSPS) is 10.5. The van der Waals surface area contributed by atoms with Gasteiger partial charge in [0.2, 0.25) is 0 Å². The van der Waals surface area contributed by atoms with Gasteiger partial charge in [-0.05, 0) is 55.1 Å². The van der Waals surface area contributed by atoms with E-state index in [4.69, 9.17) is 31.5 Å². The monoisotopic (exact) mass is 349 g/mol. The van der Waals surface area contributed by atoms with E-state index in [2.05, 4.69) is 12.1 Å². The number of nitrogens with two attached hydrogens (primary N) is 1. The molecule has 2 aromatic rings. The minimum Gasteiger partial charge on any atom is -0.497 e. The highest BCUT2D eigenvalue weighted by Crippen LogP contribution is 2.40. The second kappa shape index (κ2) is 8.81. The molecule has 0 bridgehead atoms. The summed E-state index contributed by atoms with van der Waals surface area (Å²) in [6, 6.07) is 10.0. The maximum Gasteiger partial charge on any atom is 0.179 e. The van der Waals surface area contributed by atoms with Crippen LogP contribution in [0.25, 0.3) is 0 Å². The number of hydrogen-bond acceptors (Lipinski definition) is 4. The summed E-state index contributed by atoms with van der Waals surface area (Å²) in [5, 5.41) is 0.547. The van der Waals surface area contributed by atoms with E-state index in [1.54, 1.807) is 21.3 Å². The van der Waals surface area contributed by atoms with Crippen molar-refractivity contribution < 1.29 is 14.2 Å². The number of methoxy groups -OCH3 is 3. The summed E-state index contributed by atoms with van der Waals surface area (Å²) in [4.78, 5) is 0. The molecule has 0 saturated carbocycles. The minimum absolute atomic E-state index is 0.547. The first-order valence-electron chi connectivity index (χ1n) is 7.89. The molecule has 0 radical (unpaired) electrons. The predicted molar refractivity (Wildman–Crippen MR) is 97.7 cm³/mol. The first kappa shape index (κ1) is 18.4. The van der Waals surface area contributed by atoms with Crippen molar-refractivity contribution in [3.05, 3.63) is 52.0 Å². The van der Waals surface area contributed by atoms with Gasteiger partial charge >= 0.3 is 0 Å². The zero-order chi connectivity index (χ0) is 17.5. The van der Waals surface area contributed by atoms with Gasteiger partial charge in [0, 0.05) is 5.56 Å². The third kappa shape index (κ3) is 4.13. The van der Waals surface area contributed by atoms with Gasteiger partial charge in [-0.2, -0.15) is 0 Å². The smallest absolute Gasteiger partial charge is 0.179 e. The van der Waals surface area contributed by atoms with Gasteiger partial charge < -0.3 is 19.9 Å². The van der Waals surface area contributed by atoms with Crippen LogP contribution in [0.2, 0.25) is 5.02 Å². The van der Waals surface area contributed by atoms with E-state index in [0.29, 0.717) is 23.1 Å². The third-order valence-electron chi connectivity index (χ3n) is 4.03. The van der Waals surface area contributed by atoms with Crippen molar-refractivity contribution in [2.75, 3.05) is 27.9 Å². The van der Waals surface area contributed by atoms with Crippen molar-refractivity contribution in [1.82, 2.24) is 0 Å². The van der Waals surface area contributed by atoms with E-state index in [-0.39, 0.29) is 0 Å². The van der Waals surface area contributed by atoms with Crippen LogP contribution in [-0.2, 0) is 19.3 Å². The highest BCUT2D eigenvalue weighted by Gasteiger charge is 2.18. The fraction of sp³-hybridized carbons (Fsp3) is 0.368. The van der Waals surface area contributed by atoms with Crippen molar-refractivity contribution in [2.45, 2.75) is 19.3 Å². The Morgan fingerprint density at radius 2 is 1.54 bits per heavy atom. The molecule has 130 valence electrons. The van der Waals surface area contributed by atoms with Crippen LogP contribution in [0.3, 0.4) is 0 Å². The Morgan fingerprint density at radius 3 is 2.08 bits per heavy atom. The van der Waals surface area contributed by atoms with Crippen molar-refractivity contribution in [3.63, 3.8) is 0 Å². The summed E-state index contributed by atoms with van der Waals surface area (Å²) >= 11 is 6.31. The van der Waals surface area contributed by atoms with Crippen LogP contribution in [0.15, 0.2) is 30.3 Å². The lowest BCUT2D eigenvalue weighted by Gasteiger charge is -2.18. The molecular weight excluding hydrogens is 326 g/mol. The SMILES string of the molecule is COc1ccc(CCc2c(CCN)cc(Cl)c(OC)c2OC)cc1. The number of ether oxygens (including phenoxy) is 3. The van der Waals surface area contributed by atoms with Crippen LogP contribution in [0.5, 0.6) is 17.2 Å². The fourth-order valence-electron chi connectivity index (χ4n) is 2.82. The Kier molecular flexibility index (Phi) is 6.76. The second-order valence-electron chi connectivity index (χ2n) is 5.45. The molecule has 5 heteroatoms. The molecule has 0 aromatic heterocycles. The highest BCUT2D eigenvalue weighted by atomic mass is 35.5. The maximum atomic E-state index is 6.31. The average Bonchev–Trinajstić information content (AvgIpc) is 2.61. The lowest BCUT2D eigenvalue weighted by molar-refractivity contribution is 0.351. The summed E-state index contributed by atoms with van der Waals surface area (Å²) in [6.45, 7) is 0.557. The third-order valence-corrected chi connectivity index (χ3v) is 4.31. The number of rotatable bonds is 8. The molecule has 0 aliphatic carbocycles. The van der Waals surface area contributed by atoms with Crippen LogP contribution in [-0.4, -0.2) is 27.9 Å². The van der Waals surface area contributed by atoms with E-state index in [1.165, 1.54) is 5.56 Å². The number of aryl methyl sites for hydroxylation is 1. The van der Waals surface area contributed by atoms with Crippen LogP contribution < -0.4 is 19.9 Å². The molecule has 0 heterocycles. The lowest BCUT2D eigenvalue weighted by atomic mass is 9.96. The summed E-state index contributed by atoms with van der Waals surface area (Å²) in [6.07, 6.45) is 2.44. The van der Waals surface area contributed by atoms with E-state index in [1.807, 2.05) is 18.2 Å². The molecule has 0 fully saturated rings. The van der Waals surface area contributed by atoms with Crippen LogP contribution in [0, 0.1) is 0 Å². The molecule has 2 N–H and O–H groups in total. The molecule has 0 saturated heterocycles. The first-order valence-corrected chi connectivity index (χ1v) is 8.27. The summed E-state index contributed by atoms with van der Waals surface area (Å²) in [5.74, 6) is 2.12. The van der Waals surface area contributed by atoms with E-state index in [0.717, 1.165) is 36.1 Å². The van der Waals surface area contributed by atoms with Crippen molar-refractivity contribution in [3.8, 4) is 17.2 Å². The van der Waals surface area contributed by atoms with Crippen molar-refractivity contribution >= 4 is 11.6 Å². The van der Waals surface area contributed by atoms with Gasteiger partial charge in [0.05, 0.1) is 26.4 Å². The molecule has 0 spiro atoms. The molecule has 4 nitrogen and oxygen atoms in total. The molecule has 0 aliphatic heterocycles. The zero-order valence-electron chi connectivity index (χ0n) is 14.4. The van der Waals surface area contributed by atoms with Gasteiger partial charge in [-0.1, -0.05) is 23.7 Å². The molecule has 24 heavy (non-hydrogen) atoms. The van der Waals surface area contributed by atoms with Gasteiger partial charge in [0.1, 0.15) is 5.75 Å². The van der Waals surface area contributed by atoms with E-state index < -0.39 is 0 Å². The average molecular weight is 350 g/mol. The second-order valence-corrected chi connectivity index (χ2v) is 5.86. The van der Waals surface area contributed by atoms with Crippen LogP contribution >= 0.6 is 11.6 Å². The Hall–Kier alpha value is -1.91. The van der Waals surface area contributed by atoms with Crippen molar-refractivity contribution in [2.24, 2.45) is 5.73 Å². The van der Waals surface area contributed by atoms with Crippen molar-refractivity contribution in [1.29, 1.82) is 0 Å². The van der Waals surface area contributed by atoms with Gasteiger partial charge in [-0.3, -0.25) is 0 Å². The Morgan fingerprint density at radius 1 is 0.875 bits per heavy atom. The summed E-state index contributed by atoms with van der Waals surface area (Å²) in [7, 11) is 4.90. The molecule has 0 atom stereocenters. The standard InChI is InChI=1S/C19H24ClNO3/c1-22-15-7-4-13(5-8-15)6-9-16-14(10-11-21)12-17(20)19(24-3)18(16)23-2/h4-5,7-8,12H,6,9-11,21H2,1-3H3. The van der Waals surface area contributed by atoms with Gasteiger partial charge in [0.15, 0.2) is 11.5 Å². The maximum absolute atomic E-state index is 6.31. The van der Waals surface area contributed by atoms with E-state index in [9.17, 15) is 0 Å². The Balaban J connectivity index is 2.31. The fourth-order valence-corrected chi connectivity index (χ4v) is 3.11. The quantitative estimate of drug-likeness (QED) is 0.790. The number of halogens is 1. The Labute approximate surface area is 148 Å². The molecule has 0 amide bonds. The topological polar surface area (TPSA) is 53.7 Å². The van der Waals surface area contributed by atoms with E-state index >= 15 is 0 Å². The summed E-state index contributed by atoms with van der Waals surface area (Å²) in [5.41, 5.74) is 9.18. The minimum atomic E-state index is 0.547. The van der Waals surface area contributed by atoms with Gasteiger partial charge in [0.25, 0.3) is 0 Å². The highest BCUT2D eigenvalue weighted by molar-refractivity contribution is 6.32. The number of benzene rings is 2. The molecule has 0 aliphatic rings. The molecule has 2 rings (SSSR count). The number of hydrogen-bond donors (Lipinski definition) is 1. The summed E-state index contributed by atoms with van der Waals surface area (Å²) < 4.78 is 16.2.